The van der Waals surface area contributed by atoms with Crippen LogP contribution in [0.25, 0.3) is 11.5 Å². The molecule has 0 bridgehead atoms. The quantitative estimate of drug-likeness (QED) is 0.789. The van der Waals surface area contributed by atoms with Crippen LogP contribution in [0.2, 0.25) is 5.02 Å². The lowest BCUT2D eigenvalue weighted by Gasteiger charge is -2.26. The van der Waals surface area contributed by atoms with Gasteiger partial charge in [-0.2, -0.15) is 5.10 Å². The number of rotatable bonds is 4. The summed E-state index contributed by atoms with van der Waals surface area (Å²) in [5.41, 5.74) is 1.78. The number of hydrogen-bond donors (Lipinski definition) is 0. The molecule has 0 aliphatic rings. The number of nitrogens with zero attached hydrogens (tertiary/aromatic N) is 3. The molecule has 112 valence electrons. The maximum absolute atomic E-state index is 5.98. The molecule has 0 spiro atoms. The van der Waals surface area contributed by atoms with Crippen LogP contribution >= 0.6 is 11.6 Å². The van der Waals surface area contributed by atoms with Gasteiger partial charge in [-0.15, -0.1) is 0 Å². The maximum atomic E-state index is 5.98. The first kappa shape index (κ1) is 15.6. The zero-order valence-electron chi connectivity index (χ0n) is 12.8. The molecule has 2 aromatic rings. The Bertz CT molecular complexity index is 610. The molecule has 0 saturated carbocycles. The third-order valence-electron chi connectivity index (χ3n) is 2.97. The fraction of sp³-hybridized carbons (Fsp3) is 0.375. The predicted molar refractivity (Wildman–Crippen MR) is 85.7 cm³/mol. The van der Waals surface area contributed by atoms with Crippen LogP contribution in [0, 0.1) is 5.41 Å². The van der Waals surface area contributed by atoms with Gasteiger partial charge in [-0.25, -0.2) is 9.67 Å². The Labute approximate surface area is 130 Å². The molecule has 0 atom stereocenters. The van der Waals surface area contributed by atoms with Crippen molar-refractivity contribution in [2.75, 3.05) is 6.61 Å². The van der Waals surface area contributed by atoms with E-state index in [0.717, 1.165) is 17.0 Å². The number of allylic oxidation sites excluding steroid dienone is 1. The molecule has 4 nitrogen and oxygen atoms in total. The summed E-state index contributed by atoms with van der Waals surface area (Å²) in [5.74, 6) is 0.798. The predicted octanol–water partition coefficient (Wildman–Crippen LogP) is 4.34. The summed E-state index contributed by atoms with van der Waals surface area (Å²) in [7, 11) is 0. The van der Waals surface area contributed by atoms with Crippen LogP contribution in [0.4, 0.5) is 0 Å². The summed E-state index contributed by atoms with van der Waals surface area (Å²) >= 11 is 5.98. The Kier molecular flexibility index (Phi) is 4.68. The van der Waals surface area contributed by atoms with Crippen LogP contribution in [0.3, 0.4) is 0 Å². The molecule has 5 heteroatoms. The van der Waals surface area contributed by atoms with E-state index >= 15 is 0 Å². The second-order valence-corrected chi connectivity index (χ2v) is 6.14. The fourth-order valence-corrected chi connectivity index (χ4v) is 2.27. The van der Waals surface area contributed by atoms with Crippen molar-refractivity contribution in [3.05, 3.63) is 47.5 Å². The Hall–Kier alpha value is -1.81. The van der Waals surface area contributed by atoms with Crippen LogP contribution < -0.4 is 0 Å². The highest BCUT2D eigenvalue weighted by Gasteiger charge is 2.26. The molecule has 0 N–H and O–H groups in total. The Morgan fingerprint density at radius 2 is 1.90 bits per heavy atom. The zero-order chi connectivity index (χ0) is 15.5. The van der Waals surface area contributed by atoms with Crippen molar-refractivity contribution in [1.82, 2.24) is 14.8 Å². The summed E-state index contributed by atoms with van der Waals surface area (Å²) in [6, 6.07) is 7.63. The van der Waals surface area contributed by atoms with E-state index in [-0.39, 0.29) is 5.41 Å². The van der Waals surface area contributed by atoms with E-state index in [0.29, 0.717) is 11.6 Å². The molecular formula is C16H20ClN3O. The molecule has 0 fully saturated rings. The molecule has 1 aromatic heterocycles. The molecular weight excluding hydrogens is 286 g/mol. The lowest BCUT2D eigenvalue weighted by atomic mass is 9.89. The van der Waals surface area contributed by atoms with Gasteiger partial charge in [-0.3, -0.25) is 0 Å². The third kappa shape index (κ3) is 3.64. The van der Waals surface area contributed by atoms with E-state index in [1.54, 1.807) is 11.0 Å². The first-order valence-corrected chi connectivity index (χ1v) is 7.29. The minimum atomic E-state index is -0.155. The maximum Gasteiger partial charge on any atom is 0.148 e. The van der Waals surface area contributed by atoms with E-state index in [4.69, 9.17) is 16.3 Å². The van der Waals surface area contributed by atoms with Gasteiger partial charge in [0, 0.05) is 16.0 Å². The van der Waals surface area contributed by atoms with Gasteiger partial charge in [-0.1, -0.05) is 32.4 Å². The van der Waals surface area contributed by atoms with Gasteiger partial charge in [0.05, 0.1) is 12.3 Å². The Morgan fingerprint density at radius 1 is 1.24 bits per heavy atom. The van der Waals surface area contributed by atoms with E-state index in [9.17, 15) is 0 Å². The number of hydrogen-bond acceptors (Lipinski definition) is 3. The van der Waals surface area contributed by atoms with Gasteiger partial charge < -0.3 is 4.74 Å². The number of ether oxygens (including phenoxy) is 1. The van der Waals surface area contributed by atoms with Gasteiger partial charge in [0.1, 0.15) is 18.4 Å². The smallest absolute Gasteiger partial charge is 0.148 e. The Morgan fingerprint density at radius 3 is 2.38 bits per heavy atom. The van der Waals surface area contributed by atoms with E-state index < -0.39 is 0 Å². The van der Waals surface area contributed by atoms with Crippen molar-refractivity contribution in [2.45, 2.75) is 27.7 Å². The minimum Gasteiger partial charge on any atom is -0.491 e. The topological polar surface area (TPSA) is 39.9 Å². The highest BCUT2D eigenvalue weighted by molar-refractivity contribution is 6.30. The minimum absolute atomic E-state index is 0.155. The van der Waals surface area contributed by atoms with Crippen LogP contribution in [0.15, 0.2) is 36.9 Å². The van der Waals surface area contributed by atoms with Crippen LogP contribution in [0.1, 0.15) is 33.3 Å². The summed E-state index contributed by atoms with van der Waals surface area (Å²) in [5, 5.41) is 4.97. The highest BCUT2D eigenvalue weighted by Crippen LogP contribution is 2.36. The fourth-order valence-electron chi connectivity index (χ4n) is 2.15. The first-order chi connectivity index (χ1) is 9.93. The van der Waals surface area contributed by atoms with Crippen LogP contribution in [0.5, 0.6) is 0 Å². The normalized spacial score (nSPS) is 13.0. The highest BCUT2D eigenvalue weighted by atomic mass is 35.5. The van der Waals surface area contributed by atoms with Crippen LogP contribution in [-0.2, 0) is 4.74 Å². The van der Waals surface area contributed by atoms with Gasteiger partial charge in [0.15, 0.2) is 0 Å². The number of halogens is 1. The molecule has 2 rings (SSSR count). The molecule has 0 aliphatic heterocycles. The van der Waals surface area contributed by atoms with Crippen LogP contribution in [-0.4, -0.2) is 21.4 Å². The largest absolute Gasteiger partial charge is 0.491 e. The van der Waals surface area contributed by atoms with Crippen molar-refractivity contribution in [3.63, 3.8) is 0 Å². The summed E-state index contributed by atoms with van der Waals surface area (Å²) < 4.78 is 7.69. The van der Waals surface area contributed by atoms with Gasteiger partial charge in [-0.05, 0) is 31.2 Å². The van der Waals surface area contributed by atoms with Crippen molar-refractivity contribution >= 4 is 23.1 Å². The molecule has 0 unspecified atom stereocenters. The van der Waals surface area contributed by atoms with E-state index in [2.05, 4.69) is 30.9 Å². The average molecular weight is 306 g/mol. The molecule has 21 heavy (non-hydrogen) atoms. The molecule has 0 radical (unpaired) electrons. The van der Waals surface area contributed by atoms with Crippen molar-refractivity contribution in [2.24, 2.45) is 5.41 Å². The van der Waals surface area contributed by atoms with Gasteiger partial charge >= 0.3 is 0 Å². The molecule has 0 amide bonds. The van der Waals surface area contributed by atoms with Crippen molar-refractivity contribution < 1.29 is 4.74 Å². The van der Waals surface area contributed by atoms with Crippen molar-refractivity contribution in [3.8, 4) is 0 Å². The lowest BCUT2D eigenvalue weighted by Crippen LogP contribution is -2.18. The lowest BCUT2D eigenvalue weighted by molar-refractivity contribution is 0.293. The first-order valence-electron chi connectivity index (χ1n) is 6.92. The average Bonchev–Trinajstić information content (AvgIpc) is 2.91. The van der Waals surface area contributed by atoms with Gasteiger partial charge in [0.25, 0.3) is 0 Å². The second kappa shape index (κ2) is 6.31. The zero-order valence-corrected chi connectivity index (χ0v) is 13.6. The molecule has 0 aliphatic carbocycles. The summed E-state index contributed by atoms with van der Waals surface area (Å²) in [6.45, 7) is 8.92. The number of benzene rings is 1. The summed E-state index contributed by atoms with van der Waals surface area (Å²) in [6.07, 6.45) is 3.21. The van der Waals surface area contributed by atoms with E-state index in [1.165, 1.54) is 6.33 Å². The summed E-state index contributed by atoms with van der Waals surface area (Å²) in [4.78, 5) is 4.05. The molecule has 1 aromatic carbocycles. The monoisotopic (exact) mass is 305 g/mol. The van der Waals surface area contributed by atoms with Crippen molar-refractivity contribution in [1.29, 1.82) is 0 Å². The molecule has 0 saturated heterocycles. The van der Waals surface area contributed by atoms with E-state index in [1.807, 2.05) is 31.2 Å². The third-order valence-corrected chi connectivity index (χ3v) is 3.22. The second-order valence-electron chi connectivity index (χ2n) is 5.71. The number of aromatic nitrogens is 3. The Balaban J connectivity index is 2.66. The standard InChI is InChI=1S/C16H20ClN3O/c1-5-21-14(12-6-8-13(17)9-7-12)15(16(2,3)4)20-11-18-10-19-20/h6-11H,5H2,1-4H3/b15-14-. The van der Waals surface area contributed by atoms with Gasteiger partial charge in [0.2, 0.25) is 0 Å². The molecule has 1 heterocycles. The SMILES string of the molecule is CCO/C(=C(\n1cncn1)C(C)(C)C)c1ccc(Cl)cc1.